The van der Waals surface area contributed by atoms with Crippen LogP contribution in [0.2, 0.25) is 0 Å². The van der Waals surface area contributed by atoms with E-state index in [1.165, 1.54) is 23.0 Å². The standard InChI is InChI=1S/C21H24N4O3S2/c1-4-24(5-2)30(27,28)19-13-9-10-17(14-19)20-22-23-21(29-15-16(3)26)25(20)18-11-7-6-8-12-18/h6-14H,4-5,15H2,1-3H3. The van der Waals surface area contributed by atoms with Gasteiger partial charge in [0.25, 0.3) is 0 Å². The predicted molar refractivity (Wildman–Crippen MR) is 118 cm³/mol. The minimum Gasteiger partial charge on any atom is -0.299 e. The minimum absolute atomic E-state index is 0.0384. The van der Waals surface area contributed by atoms with Crippen LogP contribution in [0.1, 0.15) is 20.8 Å². The van der Waals surface area contributed by atoms with Gasteiger partial charge in [-0.2, -0.15) is 4.31 Å². The van der Waals surface area contributed by atoms with Gasteiger partial charge in [-0.05, 0) is 31.2 Å². The Morgan fingerprint density at radius 2 is 1.73 bits per heavy atom. The molecule has 0 aliphatic heterocycles. The maximum absolute atomic E-state index is 13.0. The van der Waals surface area contributed by atoms with E-state index in [1.54, 1.807) is 18.2 Å². The van der Waals surface area contributed by atoms with E-state index in [0.717, 1.165) is 5.69 Å². The minimum atomic E-state index is -3.60. The van der Waals surface area contributed by atoms with Crippen LogP contribution >= 0.6 is 11.8 Å². The quantitative estimate of drug-likeness (QED) is 0.469. The van der Waals surface area contributed by atoms with Gasteiger partial charge in [0.05, 0.1) is 10.6 Å². The lowest BCUT2D eigenvalue weighted by Crippen LogP contribution is -2.30. The monoisotopic (exact) mass is 444 g/mol. The average molecular weight is 445 g/mol. The van der Waals surface area contributed by atoms with Crippen LogP contribution < -0.4 is 0 Å². The number of sulfonamides is 1. The van der Waals surface area contributed by atoms with Gasteiger partial charge in [-0.15, -0.1) is 10.2 Å². The molecule has 0 bridgehead atoms. The summed E-state index contributed by atoms with van der Waals surface area (Å²) in [6.45, 7) is 5.95. The molecule has 0 unspecified atom stereocenters. The molecular weight excluding hydrogens is 420 g/mol. The number of ketones is 1. The number of nitrogens with zero attached hydrogens (tertiary/aromatic N) is 4. The second kappa shape index (κ2) is 9.55. The molecule has 0 N–H and O–H groups in total. The van der Waals surface area contributed by atoms with Crippen LogP contribution in [0.25, 0.3) is 17.1 Å². The van der Waals surface area contributed by atoms with Crippen molar-refractivity contribution in [2.45, 2.75) is 30.8 Å². The van der Waals surface area contributed by atoms with E-state index in [9.17, 15) is 13.2 Å². The summed E-state index contributed by atoms with van der Waals surface area (Å²) >= 11 is 1.30. The van der Waals surface area contributed by atoms with Crippen LogP contribution in [0.5, 0.6) is 0 Å². The normalized spacial score (nSPS) is 11.7. The highest BCUT2D eigenvalue weighted by atomic mass is 32.2. The fourth-order valence-electron chi connectivity index (χ4n) is 3.03. The number of aromatic nitrogens is 3. The van der Waals surface area contributed by atoms with Gasteiger partial charge in [0.2, 0.25) is 10.0 Å². The first-order valence-corrected chi connectivity index (χ1v) is 12.0. The van der Waals surface area contributed by atoms with E-state index in [1.807, 2.05) is 54.8 Å². The van der Waals surface area contributed by atoms with Gasteiger partial charge < -0.3 is 0 Å². The first-order chi connectivity index (χ1) is 14.4. The molecule has 1 heterocycles. The molecule has 0 aliphatic carbocycles. The molecule has 9 heteroatoms. The van der Waals surface area contributed by atoms with Gasteiger partial charge in [0, 0.05) is 24.3 Å². The molecule has 0 saturated heterocycles. The van der Waals surface area contributed by atoms with Gasteiger partial charge in [-0.3, -0.25) is 9.36 Å². The molecule has 3 aromatic rings. The summed E-state index contributed by atoms with van der Waals surface area (Å²) in [5.41, 5.74) is 1.47. The number of thioether (sulfide) groups is 1. The summed E-state index contributed by atoms with van der Waals surface area (Å²) in [5.74, 6) is 0.835. The lowest BCUT2D eigenvalue weighted by atomic mass is 10.2. The average Bonchev–Trinajstić information content (AvgIpc) is 3.17. The summed E-state index contributed by atoms with van der Waals surface area (Å²) in [6, 6.07) is 16.3. The molecule has 3 rings (SSSR count). The van der Waals surface area contributed by atoms with Gasteiger partial charge in [-0.25, -0.2) is 8.42 Å². The van der Waals surface area contributed by atoms with Crippen molar-refractivity contribution in [1.29, 1.82) is 0 Å². The molecule has 0 atom stereocenters. The van der Waals surface area contributed by atoms with Crippen molar-refractivity contribution in [3.8, 4) is 17.1 Å². The molecule has 30 heavy (non-hydrogen) atoms. The highest BCUT2D eigenvalue weighted by Gasteiger charge is 2.23. The highest BCUT2D eigenvalue weighted by Crippen LogP contribution is 2.29. The third-order valence-corrected chi connectivity index (χ3v) is 7.61. The highest BCUT2D eigenvalue weighted by molar-refractivity contribution is 7.99. The maximum Gasteiger partial charge on any atom is 0.243 e. The first-order valence-electron chi connectivity index (χ1n) is 9.62. The van der Waals surface area contributed by atoms with Gasteiger partial charge in [0.1, 0.15) is 5.78 Å². The molecule has 0 spiro atoms. The van der Waals surface area contributed by atoms with Crippen molar-refractivity contribution < 1.29 is 13.2 Å². The summed E-state index contributed by atoms with van der Waals surface area (Å²) in [4.78, 5) is 11.7. The van der Waals surface area contributed by atoms with Crippen molar-refractivity contribution in [2.75, 3.05) is 18.8 Å². The Bertz CT molecular complexity index is 1120. The third kappa shape index (κ3) is 4.63. The zero-order valence-corrected chi connectivity index (χ0v) is 18.8. The number of carbonyl (C=O) groups is 1. The van der Waals surface area contributed by atoms with E-state index in [4.69, 9.17) is 0 Å². The van der Waals surface area contributed by atoms with Crippen LogP contribution in [-0.4, -0.2) is 52.1 Å². The molecule has 2 aromatic carbocycles. The number of para-hydroxylation sites is 1. The van der Waals surface area contributed by atoms with Crippen molar-refractivity contribution in [2.24, 2.45) is 0 Å². The number of rotatable bonds is 9. The SMILES string of the molecule is CCN(CC)S(=O)(=O)c1cccc(-c2nnc(SCC(C)=O)n2-c2ccccc2)c1. The van der Waals surface area contributed by atoms with Crippen LogP contribution in [-0.2, 0) is 14.8 Å². The van der Waals surface area contributed by atoms with Gasteiger partial charge in [-0.1, -0.05) is 55.9 Å². The number of hydrogen-bond acceptors (Lipinski definition) is 6. The Morgan fingerprint density at radius 1 is 1.03 bits per heavy atom. The van der Waals surface area contributed by atoms with E-state index >= 15 is 0 Å². The fourth-order valence-corrected chi connectivity index (χ4v) is 5.29. The molecule has 1 aromatic heterocycles. The molecular formula is C21H24N4O3S2. The van der Waals surface area contributed by atoms with Crippen molar-refractivity contribution in [3.05, 3.63) is 54.6 Å². The number of carbonyl (C=O) groups excluding carboxylic acids is 1. The van der Waals surface area contributed by atoms with E-state index in [-0.39, 0.29) is 16.4 Å². The summed E-state index contributed by atoms with van der Waals surface area (Å²) in [5, 5.41) is 9.16. The van der Waals surface area contributed by atoms with Crippen molar-refractivity contribution in [3.63, 3.8) is 0 Å². The lowest BCUT2D eigenvalue weighted by Gasteiger charge is -2.18. The van der Waals surface area contributed by atoms with Crippen molar-refractivity contribution in [1.82, 2.24) is 19.1 Å². The van der Waals surface area contributed by atoms with Gasteiger partial charge in [0.15, 0.2) is 11.0 Å². The molecule has 0 radical (unpaired) electrons. The number of hydrogen-bond donors (Lipinski definition) is 0. The molecule has 0 saturated carbocycles. The van der Waals surface area contributed by atoms with Crippen LogP contribution in [0.15, 0.2) is 64.6 Å². The molecule has 0 aliphatic rings. The summed E-state index contributed by atoms with van der Waals surface area (Å²) in [7, 11) is -3.60. The topological polar surface area (TPSA) is 85.2 Å². The van der Waals surface area contributed by atoms with E-state index in [0.29, 0.717) is 29.6 Å². The lowest BCUT2D eigenvalue weighted by molar-refractivity contribution is -0.114. The second-order valence-electron chi connectivity index (χ2n) is 6.58. The first kappa shape index (κ1) is 22.2. The molecule has 158 valence electrons. The summed E-state index contributed by atoms with van der Waals surface area (Å²) in [6.07, 6.45) is 0. The van der Waals surface area contributed by atoms with Crippen LogP contribution in [0.3, 0.4) is 0 Å². The zero-order valence-electron chi connectivity index (χ0n) is 17.1. The predicted octanol–water partition coefficient (Wildman–Crippen LogP) is 3.65. The molecule has 7 nitrogen and oxygen atoms in total. The fraction of sp³-hybridized carbons (Fsp3) is 0.286. The van der Waals surface area contributed by atoms with E-state index < -0.39 is 10.0 Å². The number of Topliss-reactive ketones (excluding diaryl/α,β-unsaturated/α-hetero) is 1. The molecule has 0 fully saturated rings. The van der Waals surface area contributed by atoms with Crippen LogP contribution in [0.4, 0.5) is 0 Å². The second-order valence-corrected chi connectivity index (χ2v) is 9.47. The van der Waals surface area contributed by atoms with Crippen molar-refractivity contribution >= 4 is 27.6 Å². The summed E-state index contributed by atoms with van der Waals surface area (Å²) < 4.78 is 29.2. The maximum atomic E-state index is 13.0. The zero-order chi connectivity index (χ0) is 21.7. The smallest absolute Gasteiger partial charge is 0.243 e. The number of benzene rings is 2. The Kier molecular flexibility index (Phi) is 7.06. The largest absolute Gasteiger partial charge is 0.299 e. The Hall–Kier alpha value is -2.49. The Balaban J connectivity index is 2.12. The molecule has 0 amide bonds. The van der Waals surface area contributed by atoms with Gasteiger partial charge >= 0.3 is 0 Å². The third-order valence-electron chi connectivity index (χ3n) is 4.49. The Morgan fingerprint density at radius 3 is 2.37 bits per heavy atom. The Labute approximate surface area is 181 Å². The van der Waals surface area contributed by atoms with Crippen LogP contribution in [0, 0.1) is 0 Å². The van der Waals surface area contributed by atoms with E-state index in [2.05, 4.69) is 10.2 Å².